The summed E-state index contributed by atoms with van der Waals surface area (Å²) in [6.45, 7) is 8.61. The van der Waals surface area contributed by atoms with Crippen LogP contribution in [0.4, 0.5) is 4.39 Å². The Balaban J connectivity index is 0.00000450. The van der Waals surface area contributed by atoms with Crippen molar-refractivity contribution >= 4 is 29.9 Å². The summed E-state index contributed by atoms with van der Waals surface area (Å²) in [5.74, 6) is 0.562. The molecule has 30 heavy (non-hydrogen) atoms. The molecule has 0 saturated carbocycles. The Hall–Kier alpha value is -1.71. The first kappa shape index (κ1) is 26.3. The molecule has 0 fully saturated rings. The summed E-state index contributed by atoms with van der Waals surface area (Å²) in [4.78, 5) is 4.66. The van der Waals surface area contributed by atoms with Gasteiger partial charge in [-0.2, -0.15) is 0 Å². The van der Waals surface area contributed by atoms with E-state index in [-0.39, 0.29) is 29.8 Å². The summed E-state index contributed by atoms with van der Waals surface area (Å²) < 4.78 is 23.9. The van der Waals surface area contributed by atoms with E-state index in [2.05, 4.69) is 33.8 Å². The van der Waals surface area contributed by atoms with E-state index in [4.69, 9.17) is 9.47 Å². The lowest BCUT2D eigenvalue weighted by molar-refractivity contribution is 0.0453. The van der Waals surface area contributed by atoms with E-state index in [1.165, 1.54) is 12.1 Å². The minimum Gasteiger partial charge on any atom is -0.379 e. The van der Waals surface area contributed by atoms with Crippen LogP contribution in [0.3, 0.4) is 0 Å². The Bertz CT molecular complexity index is 741. The number of aliphatic imine (C=N–C) groups is 1. The highest BCUT2D eigenvalue weighted by Crippen LogP contribution is 2.08. The molecular formula is C23H33FIN3O2. The fourth-order valence-corrected chi connectivity index (χ4v) is 2.76. The molecule has 0 atom stereocenters. The van der Waals surface area contributed by atoms with Gasteiger partial charge in [0.25, 0.3) is 0 Å². The Morgan fingerprint density at radius 3 is 2.40 bits per heavy atom. The van der Waals surface area contributed by atoms with Crippen molar-refractivity contribution < 1.29 is 13.9 Å². The Kier molecular flexibility index (Phi) is 14.1. The highest BCUT2D eigenvalue weighted by atomic mass is 127. The molecule has 0 aliphatic heterocycles. The molecule has 2 N–H and O–H groups in total. The number of hydrogen-bond acceptors (Lipinski definition) is 3. The maximum Gasteiger partial charge on any atom is 0.191 e. The largest absolute Gasteiger partial charge is 0.379 e. The van der Waals surface area contributed by atoms with Crippen LogP contribution >= 0.6 is 24.0 Å². The lowest BCUT2D eigenvalue weighted by atomic mass is 10.1. The van der Waals surface area contributed by atoms with Crippen molar-refractivity contribution in [3.05, 3.63) is 71.0 Å². The number of guanidine groups is 1. The molecule has 5 nitrogen and oxygen atoms in total. The Labute approximate surface area is 196 Å². The third kappa shape index (κ3) is 10.9. The minimum atomic E-state index is -0.210. The van der Waals surface area contributed by atoms with Gasteiger partial charge in [-0.25, -0.2) is 9.38 Å². The number of rotatable bonds is 12. The average Bonchev–Trinajstić information content (AvgIpc) is 2.73. The summed E-state index contributed by atoms with van der Waals surface area (Å²) in [7, 11) is 0. The topological polar surface area (TPSA) is 54.9 Å². The van der Waals surface area contributed by atoms with Crippen molar-refractivity contribution in [3.8, 4) is 0 Å². The van der Waals surface area contributed by atoms with E-state index < -0.39 is 0 Å². The molecule has 0 aliphatic carbocycles. The first-order valence-corrected chi connectivity index (χ1v) is 10.2. The van der Waals surface area contributed by atoms with Crippen LogP contribution in [0.2, 0.25) is 0 Å². The second-order valence-electron chi connectivity index (χ2n) is 6.57. The molecule has 7 heteroatoms. The predicted molar refractivity (Wildman–Crippen MR) is 131 cm³/mol. The van der Waals surface area contributed by atoms with Gasteiger partial charge in [0.2, 0.25) is 0 Å². The van der Waals surface area contributed by atoms with Gasteiger partial charge in [0.05, 0.1) is 26.4 Å². The molecule has 0 spiro atoms. The monoisotopic (exact) mass is 529 g/mol. The van der Waals surface area contributed by atoms with Crippen molar-refractivity contribution in [1.82, 2.24) is 10.6 Å². The van der Waals surface area contributed by atoms with Crippen molar-refractivity contribution in [3.63, 3.8) is 0 Å². The summed E-state index contributed by atoms with van der Waals surface area (Å²) in [6.07, 6.45) is 0.805. The zero-order valence-corrected chi connectivity index (χ0v) is 20.2. The fraction of sp³-hybridized carbons (Fsp3) is 0.435. The van der Waals surface area contributed by atoms with Crippen molar-refractivity contribution in [2.75, 3.05) is 32.9 Å². The third-order valence-corrected chi connectivity index (χ3v) is 4.22. The molecule has 0 saturated heterocycles. The van der Waals surface area contributed by atoms with Gasteiger partial charge in [-0.3, -0.25) is 0 Å². The number of nitrogens with zero attached hydrogens (tertiary/aromatic N) is 1. The lowest BCUT2D eigenvalue weighted by Crippen LogP contribution is -2.38. The average molecular weight is 529 g/mol. The van der Waals surface area contributed by atoms with Crippen LogP contribution in [-0.2, 0) is 29.0 Å². The summed E-state index contributed by atoms with van der Waals surface area (Å²) >= 11 is 0. The number of ether oxygens (including phenoxy) is 2. The van der Waals surface area contributed by atoms with Gasteiger partial charge < -0.3 is 20.1 Å². The van der Waals surface area contributed by atoms with Crippen molar-refractivity contribution in [1.29, 1.82) is 0 Å². The first-order valence-electron chi connectivity index (χ1n) is 10.2. The van der Waals surface area contributed by atoms with E-state index >= 15 is 0 Å². The van der Waals surface area contributed by atoms with Crippen LogP contribution in [0.1, 0.15) is 30.5 Å². The van der Waals surface area contributed by atoms with Crippen LogP contribution < -0.4 is 10.6 Å². The second kappa shape index (κ2) is 16.0. The van der Waals surface area contributed by atoms with Crippen LogP contribution in [0, 0.1) is 5.82 Å². The first-order chi connectivity index (χ1) is 14.2. The molecule has 0 radical (unpaired) electrons. The van der Waals surface area contributed by atoms with Crippen LogP contribution in [0.25, 0.3) is 0 Å². The molecule has 0 bridgehead atoms. The molecule has 2 aromatic rings. The van der Waals surface area contributed by atoms with Crippen LogP contribution in [0.15, 0.2) is 53.5 Å². The lowest BCUT2D eigenvalue weighted by Gasteiger charge is -2.12. The third-order valence-electron chi connectivity index (χ3n) is 4.22. The normalized spacial score (nSPS) is 11.1. The zero-order chi connectivity index (χ0) is 20.7. The van der Waals surface area contributed by atoms with E-state index in [1.807, 2.05) is 32.0 Å². The number of benzene rings is 2. The predicted octanol–water partition coefficient (Wildman–Crippen LogP) is 4.29. The van der Waals surface area contributed by atoms with Crippen molar-refractivity contribution in [2.24, 2.45) is 4.99 Å². The zero-order valence-electron chi connectivity index (χ0n) is 17.8. The van der Waals surface area contributed by atoms with Crippen LogP contribution in [-0.4, -0.2) is 38.9 Å². The van der Waals surface area contributed by atoms with Crippen molar-refractivity contribution in [2.45, 2.75) is 33.4 Å². The van der Waals surface area contributed by atoms with Gasteiger partial charge in [0, 0.05) is 19.7 Å². The molecule has 2 aromatic carbocycles. The fourth-order valence-electron chi connectivity index (χ4n) is 2.76. The molecule has 166 valence electrons. The smallest absolute Gasteiger partial charge is 0.191 e. The van der Waals surface area contributed by atoms with Gasteiger partial charge in [-0.05, 0) is 49.1 Å². The van der Waals surface area contributed by atoms with Gasteiger partial charge in [0.15, 0.2) is 5.96 Å². The Morgan fingerprint density at radius 1 is 0.933 bits per heavy atom. The summed E-state index contributed by atoms with van der Waals surface area (Å²) in [5.41, 5.74) is 3.35. The maximum absolute atomic E-state index is 13.0. The van der Waals surface area contributed by atoms with Gasteiger partial charge in [0.1, 0.15) is 5.82 Å². The van der Waals surface area contributed by atoms with Gasteiger partial charge in [-0.15, -0.1) is 24.0 Å². The highest BCUT2D eigenvalue weighted by molar-refractivity contribution is 14.0. The second-order valence-corrected chi connectivity index (χ2v) is 6.57. The standard InChI is InChI=1S/C23H32FN3O2.HI/c1-3-25-23(26-13-12-19-8-10-22(24)11-9-19)27-17-20-6-5-7-21(16-20)18-29-15-14-28-4-2;/h5-11,16H,3-4,12-15,17-18H2,1-2H3,(H2,25,26,27);1H. The van der Waals surface area contributed by atoms with E-state index in [0.717, 1.165) is 42.2 Å². The molecule has 0 aromatic heterocycles. The number of nitrogens with one attached hydrogen (secondary N) is 2. The van der Waals surface area contributed by atoms with Crippen LogP contribution in [0.5, 0.6) is 0 Å². The maximum atomic E-state index is 13.0. The van der Waals surface area contributed by atoms with E-state index in [1.54, 1.807) is 0 Å². The molecule has 0 aliphatic rings. The Morgan fingerprint density at radius 2 is 1.67 bits per heavy atom. The molecular weight excluding hydrogens is 496 g/mol. The van der Waals surface area contributed by atoms with Gasteiger partial charge in [-0.1, -0.05) is 36.4 Å². The highest BCUT2D eigenvalue weighted by Gasteiger charge is 2.01. The SMILES string of the molecule is CCNC(=NCc1cccc(COCCOCC)c1)NCCc1ccc(F)cc1.I. The molecule has 0 unspecified atom stereocenters. The summed E-state index contributed by atoms with van der Waals surface area (Å²) in [5, 5.41) is 6.59. The van der Waals surface area contributed by atoms with E-state index in [9.17, 15) is 4.39 Å². The summed E-state index contributed by atoms with van der Waals surface area (Å²) in [6, 6.07) is 14.9. The minimum absolute atomic E-state index is 0. The molecule has 0 amide bonds. The quantitative estimate of drug-likeness (QED) is 0.187. The molecule has 2 rings (SSSR count). The number of hydrogen-bond donors (Lipinski definition) is 2. The molecule has 0 heterocycles. The number of halogens is 2. The van der Waals surface area contributed by atoms with E-state index in [0.29, 0.717) is 33.0 Å². The van der Waals surface area contributed by atoms with Gasteiger partial charge >= 0.3 is 0 Å².